The smallest absolute Gasteiger partial charge is 0.169 e. The van der Waals surface area contributed by atoms with Crippen molar-refractivity contribution in [2.24, 2.45) is 5.73 Å². The monoisotopic (exact) mass is 267 g/mol. The van der Waals surface area contributed by atoms with Gasteiger partial charge in [0.05, 0.1) is 18.8 Å². The van der Waals surface area contributed by atoms with E-state index in [1.165, 1.54) is 6.07 Å². The highest BCUT2D eigenvalue weighted by Gasteiger charge is 2.26. The van der Waals surface area contributed by atoms with Crippen LogP contribution in [0.5, 0.6) is 0 Å². The number of halogens is 1. The highest BCUT2D eigenvalue weighted by Crippen LogP contribution is 2.29. The van der Waals surface area contributed by atoms with Crippen LogP contribution in [0.3, 0.4) is 0 Å². The van der Waals surface area contributed by atoms with Crippen LogP contribution in [-0.2, 0) is 4.74 Å². The third-order valence-electron chi connectivity index (χ3n) is 3.09. The van der Waals surface area contributed by atoms with Gasteiger partial charge in [0.25, 0.3) is 0 Å². The molecule has 1 aliphatic heterocycles. The molecule has 0 spiro atoms. The molecular formula is C13H14FNO2S. The first-order chi connectivity index (χ1) is 8.75. The zero-order valence-corrected chi connectivity index (χ0v) is 10.6. The molecule has 2 aromatic rings. The Labute approximate surface area is 108 Å². The fourth-order valence-corrected chi connectivity index (χ4v) is 3.02. The molecule has 2 atom stereocenters. The topological polar surface area (TPSA) is 48.4 Å². The summed E-state index contributed by atoms with van der Waals surface area (Å²) >= 11 is 1.82. The Bertz CT molecular complexity index is 551. The van der Waals surface area contributed by atoms with Gasteiger partial charge in [-0.15, -0.1) is 0 Å². The second-order valence-electron chi connectivity index (χ2n) is 4.32. The molecule has 1 aliphatic rings. The Kier molecular flexibility index (Phi) is 3.28. The first kappa shape index (κ1) is 12.0. The van der Waals surface area contributed by atoms with Crippen molar-refractivity contribution in [3.8, 4) is 0 Å². The molecule has 18 heavy (non-hydrogen) atoms. The summed E-state index contributed by atoms with van der Waals surface area (Å²) in [6, 6.07) is 6.31. The molecule has 0 aliphatic carbocycles. The molecule has 1 fully saturated rings. The second-order valence-corrected chi connectivity index (χ2v) is 5.47. The lowest BCUT2D eigenvalue weighted by atomic mass is 10.1. The summed E-state index contributed by atoms with van der Waals surface area (Å²) in [7, 11) is 0. The average molecular weight is 267 g/mol. The number of hydrogen-bond donors (Lipinski definition) is 1. The normalized spacial score (nSPS) is 22.2. The lowest BCUT2D eigenvalue weighted by Gasteiger charge is -2.26. The number of fused-ring (bicyclic) bond motifs is 1. The molecule has 1 aromatic heterocycles. The van der Waals surface area contributed by atoms with Crippen LogP contribution < -0.4 is 5.73 Å². The highest BCUT2D eigenvalue weighted by atomic mass is 32.2. The number of nitrogens with two attached hydrogens (primary N) is 1. The number of hydrogen-bond acceptors (Lipinski definition) is 4. The molecule has 1 saturated heterocycles. The molecule has 3 rings (SSSR count). The predicted octanol–water partition coefficient (Wildman–Crippen LogP) is 2.70. The molecule has 2 unspecified atom stereocenters. The van der Waals surface area contributed by atoms with Gasteiger partial charge in [-0.25, -0.2) is 4.39 Å². The molecule has 0 radical (unpaired) electrons. The van der Waals surface area contributed by atoms with Crippen molar-refractivity contribution in [2.45, 2.75) is 12.1 Å². The van der Waals surface area contributed by atoms with Crippen LogP contribution in [0.15, 0.2) is 28.7 Å². The molecule has 1 aromatic carbocycles. The first-order valence-corrected chi connectivity index (χ1v) is 7.04. The van der Waals surface area contributed by atoms with Crippen LogP contribution in [0, 0.1) is 5.82 Å². The summed E-state index contributed by atoms with van der Waals surface area (Å²) in [6.45, 7) is 0.706. The van der Waals surface area contributed by atoms with E-state index in [-0.39, 0.29) is 23.5 Å². The number of thioether (sulfide) groups is 1. The van der Waals surface area contributed by atoms with Crippen molar-refractivity contribution in [1.29, 1.82) is 0 Å². The highest BCUT2D eigenvalue weighted by molar-refractivity contribution is 7.99. The van der Waals surface area contributed by atoms with E-state index < -0.39 is 0 Å². The van der Waals surface area contributed by atoms with Gasteiger partial charge in [0, 0.05) is 16.9 Å². The van der Waals surface area contributed by atoms with Crippen molar-refractivity contribution in [3.63, 3.8) is 0 Å². The molecular weight excluding hydrogens is 253 g/mol. The van der Waals surface area contributed by atoms with E-state index in [4.69, 9.17) is 14.9 Å². The van der Waals surface area contributed by atoms with Gasteiger partial charge in [0.2, 0.25) is 0 Å². The molecule has 3 nitrogen and oxygen atoms in total. The lowest BCUT2D eigenvalue weighted by molar-refractivity contribution is 0.0521. The summed E-state index contributed by atoms with van der Waals surface area (Å²) in [4.78, 5) is 0. The minimum Gasteiger partial charge on any atom is -0.456 e. The Hall–Kier alpha value is -1.04. The van der Waals surface area contributed by atoms with Gasteiger partial charge in [-0.2, -0.15) is 11.8 Å². The van der Waals surface area contributed by atoms with E-state index in [1.807, 2.05) is 17.8 Å². The minimum absolute atomic E-state index is 0.0626. The molecule has 2 heterocycles. The zero-order chi connectivity index (χ0) is 12.5. The van der Waals surface area contributed by atoms with E-state index in [0.29, 0.717) is 12.4 Å². The van der Waals surface area contributed by atoms with Gasteiger partial charge >= 0.3 is 0 Å². The van der Waals surface area contributed by atoms with Crippen molar-refractivity contribution < 1.29 is 13.5 Å². The number of rotatable bonds is 2. The summed E-state index contributed by atoms with van der Waals surface area (Å²) in [5.41, 5.74) is 6.40. The average Bonchev–Trinajstić information content (AvgIpc) is 2.84. The quantitative estimate of drug-likeness (QED) is 0.909. The molecule has 0 saturated carbocycles. The summed E-state index contributed by atoms with van der Waals surface area (Å²) in [5, 5.41) is 0.740. The fourth-order valence-electron chi connectivity index (χ4n) is 2.11. The van der Waals surface area contributed by atoms with E-state index in [1.54, 1.807) is 12.1 Å². The number of benzene rings is 1. The SMILES string of the molecule is NC(c1cc2cccc(F)c2o1)C1CSCCO1. The van der Waals surface area contributed by atoms with Gasteiger partial charge in [-0.05, 0) is 12.1 Å². The van der Waals surface area contributed by atoms with Crippen LogP contribution in [0.4, 0.5) is 4.39 Å². The summed E-state index contributed by atoms with van der Waals surface area (Å²) < 4.78 is 24.7. The van der Waals surface area contributed by atoms with Crippen molar-refractivity contribution in [2.75, 3.05) is 18.1 Å². The maximum absolute atomic E-state index is 13.5. The zero-order valence-electron chi connectivity index (χ0n) is 9.77. The van der Waals surface area contributed by atoms with Crippen LogP contribution in [0.25, 0.3) is 11.0 Å². The molecule has 5 heteroatoms. The minimum atomic E-state index is -0.357. The molecule has 0 amide bonds. The van der Waals surface area contributed by atoms with Crippen LogP contribution in [-0.4, -0.2) is 24.2 Å². The van der Waals surface area contributed by atoms with Crippen molar-refractivity contribution in [1.82, 2.24) is 0 Å². The Morgan fingerprint density at radius 3 is 3.06 bits per heavy atom. The van der Waals surface area contributed by atoms with Crippen LogP contribution in [0.1, 0.15) is 11.8 Å². The maximum Gasteiger partial charge on any atom is 0.169 e. The molecule has 96 valence electrons. The molecule has 0 bridgehead atoms. The van der Waals surface area contributed by atoms with Gasteiger partial charge in [0.1, 0.15) is 5.76 Å². The lowest BCUT2D eigenvalue weighted by Crippen LogP contribution is -2.34. The number of furan rings is 1. The largest absolute Gasteiger partial charge is 0.456 e. The van der Waals surface area contributed by atoms with Crippen molar-refractivity contribution >= 4 is 22.7 Å². The van der Waals surface area contributed by atoms with Gasteiger partial charge in [-0.1, -0.05) is 12.1 Å². The molecule has 2 N–H and O–H groups in total. The fraction of sp³-hybridized carbons (Fsp3) is 0.385. The van der Waals surface area contributed by atoms with Gasteiger partial charge in [-0.3, -0.25) is 0 Å². The maximum atomic E-state index is 13.5. The third-order valence-corrected chi connectivity index (χ3v) is 4.11. The van der Waals surface area contributed by atoms with Gasteiger partial charge < -0.3 is 14.9 Å². The van der Waals surface area contributed by atoms with Crippen LogP contribution in [0.2, 0.25) is 0 Å². The predicted molar refractivity (Wildman–Crippen MR) is 70.2 cm³/mol. The Morgan fingerprint density at radius 1 is 1.44 bits per heavy atom. The van der Waals surface area contributed by atoms with E-state index in [2.05, 4.69) is 0 Å². The second kappa shape index (κ2) is 4.91. The number of ether oxygens (including phenoxy) is 1. The van der Waals surface area contributed by atoms with Gasteiger partial charge in [0.15, 0.2) is 11.4 Å². The number of para-hydroxylation sites is 1. The van der Waals surface area contributed by atoms with E-state index in [9.17, 15) is 4.39 Å². The standard InChI is InChI=1S/C13H14FNO2S/c14-9-3-1-2-8-6-10(17-13(8)9)12(15)11-7-18-5-4-16-11/h1-3,6,11-12H,4-5,7,15H2. The first-order valence-electron chi connectivity index (χ1n) is 5.88. The van der Waals surface area contributed by atoms with Crippen LogP contribution >= 0.6 is 11.8 Å². The van der Waals surface area contributed by atoms with Crippen molar-refractivity contribution in [3.05, 3.63) is 35.8 Å². The summed E-state index contributed by atoms with van der Waals surface area (Å²) in [5.74, 6) is 2.08. The Balaban J connectivity index is 1.91. The van der Waals surface area contributed by atoms with E-state index >= 15 is 0 Å². The van der Waals surface area contributed by atoms with E-state index in [0.717, 1.165) is 16.9 Å². The third kappa shape index (κ3) is 2.13. The summed E-state index contributed by atoms with van der Waals surface area (Å²) in [6.07, 6.45) is -0.0626. The Morgan fingerprint density at radius 2 is 2.33 bits per heavy atom.